The van der Waals surface area contributed by atoms with E-state index in [4.69, 9.17) is 0 Å². The van der Waals surface area contributed by atoms with Gasteiger partial charge in [0.1, 0.15) is 6.04 Å². The Morgan fingerprint density at radius 1 is 1.30 bits per heavy atom. The topological polar surface area (TPSA) is 44.4 Å². The number of nitrogens with zero attached hydrogens (tertiary/aromatic N) is 1. The Bertz CT molecular complexity index is 504. The third-order valence-corrected chi connectivity index (χ3v) is 5.69. The lowest BCUT2D eigenvalue weighted by Crippen LogP contribution is -2.51. The van der Waals surface area contributed by atoms with Gasteiger partial charge >= 0.3 is 0 Å². The normalized spacial score (nSPS) is 27.3. The molecule has 0 spiro atoms. The minimum absolute atomic E-state index is 0.151. The Morgan fingerprint density at radius 2 is 2.04 bits per heavy atom. The number of thioether (sulfide) groups is 1. The fourth-order valence-electron chi connectivity index (χ4n) is 3.54. The third-order valence-electron chi connectivity index (χ3n) is 4.74. The van der Waals surface area contributed by atoms with Crippen LogP contribution in [0.1, 0.15) is 31.4 Å². The van der Waals surface area contributed by atoms with E-state index in [0.29, 0.717) is 12.1 Å². The summed E-state index contributed by atoms with van der Waals surface area (Å²) in [5.41, 5.74) is 1.11. The Hall–Kier alpha value is -1.04. The van der Waals surface area contributed by atoms with Crippen molar-refractivity contribution in [3.63, 3.8) is 0 Å². The molecule has 0 aliphatic carbocycles. The minimum Gasteiger partial charge on any atom is -0.352 e. The summed E-state index contributed by atoms with van der Waals surface area (Å²) in [5.74, 6) is 2.39. The van der Waals surface area contributed by atoms with Crippen molar-refractivity contribution < 1.29 is 4.79 Å². The minimum atomic E-state index is -0.151. The van der Waals surface area contributed by atoms with Crippen molar-refractivity contribution in [2.24, 2.45) is 0 Å². The van der Waals surface area contributed by atoms with Gasteiger partial charge in [-0.2, -0.15) is 11.8 Å². The SMILES string of the molecule is CC1CC(NC(=O)C(c2ccccc2)N2CCSCC2)CCN1. The van der Waals surface area contributed by atoms with E-state index in [1.165, 1.54) is 0 Å². The standard InChI is InChI=1S/C18H27N3OS/c1-14-13-16(7-8-19-14)20-18(22)17(15-5-3-2-4-6-15)21-9-11-23-12-10-21/h2-6,14,16-17,19H,7-13H2,1H3,(H,20,22). The van der Waals surface area contributed by atoms with Crippen molar-refractivity contribution in [2.45, 2.75) is 37.9 Å². The van der Waals surface area contributed by atoms with E-state index in [1.807, 2.05) is 30.0 Å². The molecule has 0 aromatic heterocycles. The second-order valence-electron chi connectivity index (χ2n) is 6.55. The Balaban J connectivity index is 1.72. The molecule has 3 atom stereocenters. The number of benzene rings is 1. The molecule has 2 fully saturated rings. The van der Waals surface area contributed by atoms with E-state index in [2.05, 4.69) is 34.6 Å². The van der Waals surface area contributed by atoms with Gasteiger partial charge in [0.15, 0.2) is 0 Å². The molecule has 4 nitrogen and oxygen atoms in total. The summed E-state index contributed by atoms with van der Waals surface area (Å²) in [6.07, 6.45) is 2.04. The van der Waals surface area contributed by atoms with Crippen LogP contribution in [0, 0.1) is 0 Å². The zero-order chi connectivity index (χ0) is 16.1. The smallest absolute Gasteiger partial charge is 0.242 e. The molecule has 1 aromatic rings. The molecule has 0 radical (unpaired) electrons. The van der Waals surface area contributed by atoms with Gasteiger partial charge in [0.25, 0.3) is 0 Å². The second kappa shape index (κ2) is 8.18. The van der Waals surface area contributed by atoms with Gasteiger partial charge in [-0.3, -0.25) is 9.69 Å². The van der Waals surface area contributed by atoms with Crippen LogP contribution in [0.3, 0.4) is 0 Å². The van der Waals surface area contributed by atoms with Crippen molar-refractivity contribution in [1.29, 1.82) is 0 Å². The summed E-state index contributed by atoms with van der Waals surface area (Å²) in [5, 5.41) is 6.76. The van der Waals surface area contributed by atoms with E-state index in [-0.39, 0.29) is 11.9 Å². The number of rotatable bonds is 4. The second-order valence-corrected chi connectivity index (χ2v) is 7.77. The molecule has 1 aromatic carbocycles. The first-order valence-corrected chi connectivity index (χ1v) is 9.80. The van der Waals surface area contributed by atoms with Crippen LogP contribution in [0.2, 0.25) is 0 Å². The van der Waals surface area contributed by atoms with Crippen LogP contribution >= 0.6 is 11.8 Å². The fourth-order valence-corrected chi connectivity index (χ4v) is 4.47. The molecule has 0 saturated carbocycles. The lowest BCUT2D eigenvalue weighted by Gasteiger charge is -2.36. The summed E-state index contributed by atoms with van der Waals surface area (Å²) in [6.45, 7) is 5.15. The zero-order valence-electron chi connectivity index (χ0n) is 13.8. The highest BCUT2D eigenvalue weighted by Gasteiger charge is 2.31. The number of nitrogens with one attached hydrogen (secondary N) is 2. The third kappa shape index (κ3) is 4.49. The first-order valence-electron chi connectivity index (χ1n) is 8.64. The average molecular weight is 334 g/mol. The van der Waals surface area contributed by atoms with E-state index < -0.39 is 0 Å². The largest absolute Gasteiger partial charge is 0.352 e. The number of hydrogen-bond donors (Lipinski definition) is 2. The maximum atomic E-state index is 13.0. The van der Waals surface area contributed by atoms with Crippen LogP contribution in [-0.4, -0.2) is 54.0 Å². The summed E-state index contributed by atoms with van der Waals surface area (Å²) in [4.78, 5) is 15.4. The predicted molar refractivity (Wildman–Crippen MR) is 96.7 cm³/mol. The van der Waals surface area contributed by atoms with Gasteiger partial charge in [0.05, 0.1) is 0 Å². The molecule has 1 amide bonds. The van der Waals surface area contributed by atoms with Crippen molar-refractivity contribution in [1.82, 2.24) is 15.5 Å². The van der Waals surface area contributed by atoms with Crippen LogP contribution in [0.5, 0.6) is 0 Å². The van der Waals surface area contributed by atoms with E-state index in [1.54, 1.807) is 0 Å². The molecule has 0 bridgehead atoms. The van der Waals surface area contributed by atoms with Crippen molar-refractivity contribution in [3.05, 3.63) is 35.9 Å². The van der Waals surface area contributed by atoms with Gasteiger partial charge in [-0.1, -0.05) is 30.3 Å². The molecule has 2 saturated heterocycles. The fraction of sp³-hybridized carbons (Fsp3) is 0.611. The molecular weight excluding hydrogens is 306 g/mol. The molecule has 2 N–H and O–H groups in total. The molecule has 2 heterocycles. The Kier molecular flexibility index (Phi) is 5.97. The number of piperidine rings is 1. The molecule has 3 rings (SSSR count). The predicted octanol–water partition coefficient (Wildman–Crippen LogP) is 2.03. The van der Waals surface area contributed by atoms with Gasteiger partial charge in [0.2, 0.25) is 5.91 Å². The van der Waals surface area contributed by atoms with E-state index >= 15 is 0 Å². The molecule has 5 heteroatoms. The molecule has 23 heavy (non-hydrogen) atoms. The molecular formula is C18H27N3OS. The van der Waals surface area contributed by atoms with Crippen molar-refractivity contribution in [3.8, 4) is 0 Å². The maximum Gasteiger partial charge on any atom is 0.242 e. The summed E-state index contributed by atoms with van der Waals surface area (Å²) in [6, 6.07) is 10.9. The van der Waals surface area contributed by atoms with E-state index in [0.717, 1.165) is 49.5 Å². The van der Waals surface area contributed by atoms with Crippen LogP contribution < -0.4 is 10.6 Å². The highest BCUT2D eigenvalue weighted by molar-refractivity contribution is 7.99. The van der Waals surface area contributed by atoms with Gasteiger partial charge < -0.3 is 10.6 Å². The Morgan fingerprint density at radius 3 is 2.74 bits per heavy atom. The lowest BCUT2D eigenvalue weighted by molar-refractivity contribution is -0.127. The molecule has 3 unspecified atom stereocenters. The quantitative estimate of drug-likeness (QED) is 0.885. The van der Waals surface area contributed by atoms with Crippen LogP contribution in [-0.2, 0) is 4.79 Å². The number of carbonyl (C=O) groups is 1. The average Bonchev–Trinajstić information content (AvgIpc) is 2.57. The van der Waals surface area contributed by atoms with Crippen LogP contribution in [0.15, 0.2) is 30.3 Å². The maximum absolute atomic E-state index is 13.0. The highest BCUT2D eigenvalue weighted by atomic mass is 32.2. The molecule has 2 aliphatic heterocycles. The molecule has 2 aliphatic rings. The summed E-state index contributed by atoms with van der Waals surface area (Å²) in [7, 11) is 0. The highest BCUT2D eigenvalue weighted by Crippen LogP contribution is 2.25. The Labute approximate surface area is 143 Å². The molecule has 126 valence electrons. The van der Waals surface area contributed by atoms with Gasteiger partial charge in [-0.25, -0.2) is 0 Å². The van der Waals surface area contributed by atoms with Crippen molar-refractivity contribution >= 4 is 17.7 Å². The van der Waals surface area contributed by atoms with Crippen LogP contribution in [0.4, 0.5) is 0 Å². The lowest BCUT2D eigenvalue weighted by atomic mass is 9.98. The zero-order valence-corrected chi connectivity index (χ0v) is 14.6. The van der Waals surface area contributed by atoms with Crippen molar-refractivity contribution in [2.75, 3.05) is 31.1 Å². The monoisotopic (exact) mass is 333 g/mol. The van der Waals surface area contributed by atoms with Gasteiger partial charge in [-0.15, -0.1) is 0 Å². The number of hydrogen-bond acceptors (Lipinski definition) is 4. The number of carbonyl (C=O) groups excluding carboxylic acids is 1. The first kappa shape index (κ1) is 16.8. The van der Waals surface area contributed by atoms with E-state index in [9.17, 15) is 4.79 Å². The first-order chi connectivity index (χ1) is 11.2. The number of amides is 1. The van der Waals surface area contributed by atoms with Gasteiger partial charge in [0, 0.05) is 36.7 Å². The van der Waals surface area contributed by atoms with Crippen LogP contribution in [0.25, 0.3) is 0 Å². The van der Waals surface area contributed by atoms with Gasteiger partial charge in [-0.05, 0) is 31.9 Å². The summed E-state index contributed by atoms with van der Waals surface area (Å²) >= 11 is 1.98. The summed E-state index contributed by atoms with van der Waals surface area (Å²) < 4.78 is 0.